The summed E-state index contributed by atoms with van der Waals surface area (Å²) in [4.78, 5) is 15.2. The fourth-order valence-corrected chi connectivity index (χ4v) is 2.42. The van der Waals surface area contributed by atoms with Crippen LogP contribution in [0.1, 0.15) is 17.7 Å². The Morgan fingerprint density at radius 2 is 2.47 bits per heavy atom. The van der Waals surface area contributed by atoms with E-state index in [9.17, 15) is 4.79 Å². The van der Waals surface area contributed by atoms with Crippen LogP contribution in [0.5, 0.6) is 0 Å². The standard InChI is InChI=1S/C13H16N2OS/c1-2-7-14-9-13(16)15(11-5-6-11)10-12-4-3-8-17-12/h1,3-4,8,11,14H,5-7,9-10H2. The molecule has 2 rings (SSSR count). The van der Waals surface area contributed by atoms with Gasteiger partial charge in [-0.3, -0.25) is 10.1 Å². The van der Waals surface area contributed by atoms with Crippen molar-refractivity contribution in [1.29, 1.82) is 0 Å². The average Bonchev–Trinajstić information content (AvgIpc) is 3.03. The monoisotopic (exact) mass is 248 g/mol. The van der Waals surface area contributed by atoms with Gasteiger partial charge in [0.15, 0.2) is 0 Å². The van der Waals surface area contributed by atoms with Gasteiger partial charge in [-0.1, -0.05) is 12.0 Å². The van der Waals surface area contributed by atoms with Crippen LogP contribution in [0.3, 0.4) is 0 Å². The van der Waals surface area contributed by atoms with Gasteiger partial charge in [0.2, 0.25) is 5.91 Å². The lowest BCUT2D eigenvalue weighted by Crippen LogP contribution is -2.39. The smallest absolute Gasteiger partial charge is 0.237 e. The van der Waals surface area contributed by atoms with Crippen LogP contribution in [0.25, 0.3) is 0 Å². The number of thiophene rings is 1. The van der Waals surface area contributed by atoms with E-state index in [1.165, 1.54) is 4.88 Å². The molecular weight excluding hydrogens is 232 g/mol. The van der Waals surface area contributed by atoms with Gasteiger partial charge in [0.1, 0.15) is 0 Å². The Morgan fingerprint density at radius 3 is 3.06 bits per heavy atom. The molecule has 0 saturated heterocycles. The Morgan fingerprint density at radius 1 is 1.65 bits per heavy atom. The van der Waals surface area contributed by atoms with Crippen LogP contribution in [-0.4, -0.2) is 29.9 Å². The molecule has 0 bridgehead atoms. The SMILES string of the molecule is C#CCNCC(=O)N(Cc1cccs1)C1CC1. The molecule has 90 valence electrons. The van der Waals surface area contributed by atoms with Crippen LogP contribution >= 0.6 is 11.3 Å². The third kappa shape index (κ3) is 3.58. The van der Waals surface area contributed by atoms with Gasteiger partial charge >= 0.3 is 0 Å². The Hall–Kier alpha value is -1.31. The summed E-state index contributed by atoms with van der Waals surface area (Å²) in [5.74, 6) is 2.62. The number of terminal acetylenes is 1. The number of hydrogen-bond acceptors (Lipinski definition) is 3. The fraction of sp³-hybridized carbons (Fsp3) is 0.462. The lowest BCUT2D eigenvalue weighted by molar-refractivity contribution is -0.131. The molecule has 0 aromatic carbocycles. The highest BCUT2D eigenvalue weighted by Gasteiger charge is 2.32. The van der Waals surface area contributed by atoms with Gasteiger partial charge in [-0.05, 0) is 24.3 Å². The fourth-order valence-electron chi connectivity index (χ4n) is 1.72. The minimum absolute atomic E-state index is 0.149. The zero-order chi connectivity index (χ0) is 12.1. The molecule has 4 heteroatoms. The van der Waals surface area contributed by atoms with E-state index in [-0.39, 0.29) is 5.91 Å². The first-order valence-electron chi connectivity index (χ1n) is 5.77. The highest BCUT2D eigenvalue weighted by Crippen LogP contribution is 2.29. The molecule has 0 atom stereocenters. The number of hydrogen-bond donors (Lipinski definition) is 1. The summed E-state index contributed by atoms with van der Waals surface area (Å²) in [6.07, 6.45) is 7.40. The van der Waals surface area contributed by atoms with Crippen molar-refractivity contribution in [3.8, 4) is 12.3 Å². The molecule has 1 aliphatic rings. The van der Waals surface area contributed by atoms with Gasteiger partial charge in [0, 0.05) is 10.9 Å². The van der Waals surface area contributed by atoms with Crippen molar-refractivity contribution < 1.29 is 4.79 Å². The summed E-state index contributed by atoms with van der Waals surface area (Å²) < 4.78 is 0. The maximum atomic E-state index is 12.0. The maximum Gasteiger partial charge on any atom is 0.237 e. The van der Waals surface area contributed by atoms with E-state index in [0.717, 1.165) is 19.4 Å². The molecular formula is C13H16N2OS. The van der Waals surface area contributed by atoms with Gasteiger partial charge in [0.25, 0.3) is 0 Å². The topological polar surface area (TPSA) is 32.3 Å². The van der Waals surface area contributed by atoms with Crippen LogP contribution in [0.2, 0.25) is 0 Å². The second kappa shape index (κ2) is 5.85. The molecule has 0 radical (unpaired) electrons. The Bertz CT molecular complexity index is 404. The predicted octanol–water partition coefficient (Wildman–Crippen LogP) is 1.46. The highest BCUT2D eigenvalue weighted by molar-refractivity contribution is 7.09. The molecule has 0 aliphatic heterocycles. The van der Waals surface area contributed by atoms with Crippen LogP contribution in [0.15, 0.2) is 17.5 Å². The molecule has 0 unspecified atom stereocenters. The van der Waals surface area contributed by atoms with E-state index in [2.05, 4.69) is 17.3 Å². The van der Waals surface area contributed by atoms with Gasteiger partial charge in [0.05, 0.1) is 19.6 Å². The van der Waals surface area contributed by atoms with Crippen molar-refractivity contribution in [1.82, 2.24) is 10.2 Å². The number of rotatable bonds is 6. The lowest BCUT2D eigenvalue weighted by Gasteiger charge is -2.21. The summed E-state index contributed by atoms with van der Waals surface area (Å²) in [7, 11) is 0. The minimum atomic E-state index is 0.149. The van der Waals surface area contributed by atoms with E-state index < -0.39 is 0 Å². The Balaban J connectivity index is 1.88. The first-order valence-corrected chi connectivity index (χ1v) is 6.65. The molecule has 1 aliphatic carbocycles. The minimum Gasteiger partial charge on any atom is -0.333 e. The van der Waals surface area contributed by atoms with Crippen LogP contribution < -0.4 is 5.32 Å². The number of nitrogens with one attached hydrogen (secondary N) is 1. The van der Waals surface area contributed by atoms with Crippen molar-refractivity contribution in [2.75, 3.05) is 13.1 Å². The third-order valence-electron chi connectivity index (χ3n) is 2.72. The quantitative estimate of drug-likeness (QED) is 0.610. The molecule has 1 amide bonds. The van der Waals surface area contributed by atoms with Gasteiger partial charge in [-0.15, -0.1) is 17.8 Å². The largest absolute Gasteiger partial charge is 0.333 e. The van der Waals surface area contributed by atoms with Crippen molar-refractivity contribution in [3.63, 3.8) is 0 Å². The molecule has 1 N–H and O–H groups in total. The number of carbonyl (C=O) groups is 1. The predicted molar refractivity (Wildman–Crippen MR) is 69.6 cm³/mol. The summed E-state index contributed by atoms with van der Waals surface area (Å²) in [5.41, 5.74) is 0. The summed E-state index contributed by atoms with van der Waals surface area (Å²) in [6, 6.07) is 4.53. The molecule has 0 spiro atoms. The first kappa shape index (κ1) is 12.2. The van der Waals surface area contributed by atoms with E-state index in [0.29, 0.717) is 19.1 Å². The Labute approximate surface area is 106 Å². The van der Waals surface area contributed by atoms with Crippen molar-refractivity contribution in [3.05, 3.63) is 22.4 Å². The molecule has 1 aromatic heterocycles. The molecule has 1 aromatic rings. The van der Waals surface area contributed by atoms with Crippen molar-refractivity contribution >= 4 is 17.2 Å². The molecule has 3 nitrogen and oxygen atoms in total. The summed E-state index contributed by atoms with van der Waals surface area (Å²) in [5, 5.41) is 5.00. The van der Waals surface area contributed by atoms with Crippen LogP contribution in [0.4, 0.5) is 0 Å². The molecule has 1 heterocycles. The highest BCUT2D eigenvalue weighted by atomic mass is 32.1. The van der Waals surface area contributed by atoms with E-state index in [1.807, 2.05) is 16.3 Å². The van der Waals surface area contributed by atoms with Crippen molar-refractivity contribution in [2.24, 2.45) is 0 Å². The van der Waals surface area contributed by atoms with E-state index >= 15 is 0 Å². The maximum absolute atomic E-state index is 12.0. The zero-order valence-electron chi connectivity index (χ0n) is 9.69. The van der Waals surface area contributed by atoms with Crippen LogP contribution in [-0.2, 0) is 11.3 Å². The molecule has 1 fully saturated rings. The molecule has 1 saturated carbocycles. The summed E-state index contributed by atoms with van der Waals surface area (Å²) in [6.45, 7) is 1.52. The number of carbonyl (C=O) groups excluding carboxylic acids is 1. The normalized spacial score (nSPS) is 14.3. The van der Waals surface area contributed by atoms with Gasteiger partial charge in [-0.2, -0.15) is 0 Å². The summed E-state index contributed by atoms with van der Waals surface area (Å²) >= 11 is 1.70. The first-order chi connectivity index (χ1) is 8.31. The number of nitrogens with zero attached hydrogens (tertiary/aromatic N) is 1. The van der Waals surface area contributed by atoms with Crippen LogP contribution in [0, 0.1) is 12.3 Å². The zero-order valence-corrected chi connectivity index (χ0v) is 10.5. The third-order valence-corrected chi connectivity index (χ3v) is 3.58. The van der Waals surface area contributed by atoms with E-state index in [4.69, 9.17) is 6.42 Å². The van der Waals surface area contributed by atoms with Crippen molar-refractivity contribution in [2.45, 2.75) is 25.4 Å². The van der Waals surface area contributed by atoms with E-state index in [1.54, 1.807) is 11.3 Å². The van der Waals surface area contributed by atoms with Gasteiger partial charge < -0.3 is 4.90 Å². The molecule has 17 heavy (non-hydrogen) atoms. The second-order valence-electron chi connectivity index (χ2n) is 4.14. The second-order valence-corrected chi connectivity index (χ2v) is 5.17. The van der Waals surface area contributed by atoms with Gasteiger partial charge in [-0.25, -0.2) is 0 Å². The lowest BCUT2D eigenvalue weighted by atomic mass is 10.3. The number of amides is 1. The Kier molecular flexibility index (Phi) is 4.18. The average molecular weight is 248 g/mol.